The molecule has 1 amide bonds. The molecule has 0 bridgehead atoms. The lowest BCUT2D eigenvalue weighted by molar-refractivity contribution is -0.763. The molecule has 2 aromatic heterocycles. The van der Waals surface area contributed by atoms with E-state index in [-0.39, 0.29) is 11.5 Å². The highest BCUT2D eigenvalue weighted by atomic mass is 32.2. The van der Waals surface area contributed by atoms with E-state index in [9.17, 15) is 9.59 Å². The van der Waals surface area contributed by atoms with E-state index in [2.05, 4.69) is 11.9 Å². The Morgan fingerprint density at radius 1 is 1.23 bits per heavy atom. The molecular formula is C22H26N5O2S+. The maximum absolute atomic E-state index is 13.2. The minimum atomic E-state index is -0.537. The van der Waals surface area contributed by atoms with Gasteiger partial charge in [0.05, 0.1) is 11.3 Å². The normalized spacial score (nSPS) is 15.0. The Morgan fingerprint density at radius 2 is 2.03 bits per heavy atom. The number of nitrogens with one attached hydrogen (secondary N) is 1. The molecule has 7 nitrogen and oxygen atoms in total. The molecule has 8 heteroatoms. The molecule has 1 aliphatic heterocycles. The van der Waals surface area contributed by atoms with Crippen LogP contribution in [-0.4, -0.2) is 26.3 Å². The number of benzene rings is 1. The first-order chi connectivity index (χ1) is 14.5. The number of fused-ring (bicyclic) bond motifs is 3. The number of aromatic amines is 1. The Bertz CT molecular complexity index is 1140. The van der Waals surface area contributed by atoms with E-state index < -0.39 is 6.17 Å². The Morgan fingerprint density at radius 3 is 2.73 bits per heavy atom. The fraction of sp³-hybridized carbons (Fsp3) is 0.364. The van der Waals surface area contributed by atoms with Crippen LogP contribution in [0, 0.1) is 0 Å². The summed E-state index contributed by atoms with van der Waals surface area (Å²) in [6.45, 7) is 3.71. The van der Waals surface area contributed by atoms with Crippen LogP contribution in [0.5, 0.6) is 0 Å². The van der Waals surface area contributed by atoms with Crippen LogP contribution in [0.4, 0.5) is 5.69 Å². The fourth-order valence-electron chi connectivity index (χ4n) is 3.91. The molecule has 0 radical (unpaired) electrons. The van der Waals surface area contributed by atoms with Gasteiger partial charge < -0.3 is 4.57 Å². The summed E-state index contributed by atoms with van der Waals surface area (Å²) in [4.78, 5) is 30.6. The molecule has 1 N–H and O–H groups in total. The molecule has 1 aliphatic rings. The second-order valence-electron chi connectivity index (χ2n) is 7.43. The summed E-state index contributed by atoms with van der Waals surface area (Å²) in [7, 11) is 1.93. The molecule has 0 saturated carbocycles. The van der Waals surface area contributed by atoms with Gasteiger partial charge in [-0.1, -0.05) is 43.7 Å². The number of rotatable bonds is 6. The van der Waals surface area contributed by atoms with Crippen molar-refractivity contribution in [1.29, 1.82) is 0 Å². The molecule has 0 fully saturated rings. The predicted molar refractivity (Wildman–Crippen MR) is 117 cm³/mol. The highest BCUT2D eigenvalue weighted by Gasteiger charge is 2.45. The first kappa shape index (κ1) is 20.4. The summed E-state index contributed by atoms with van der Waals surface area (Å²) < 4.78 is 3.67. The third-order valence-electron chi connectivity index (χ3n) is 5.33. The van der Waals surface area contributed by atoms with Gasteiger partial charge >= 0.3 is 17.4 Å². The van der Waals surface area contributed by atoms with E-state index in [1.165, 1.54) is 0 Å². The van der Waals surface area contributed by atoms with Crippen molar-refractivity contribution < 1.29 is 9.48 Å². The average Bonchev–Trinajstić information content (AvgIpc) is 3.15. The van der Waals surface area contributed by atoms with Crippen molar-refractivity contribution >= 4 is 23.4 Å². The molecule has 30 heavy (non-hydrogen) atoms. The van der Waals surface area contributed by atoms with Crippen molar-refractivity contribution in [3.8, 4) is 11.3 Å². The van der Waals surface area contributed by atoms with Crippen LogP contribution in [-0.2, 0) is 11.8 Å². The van der Waals surface area contributed by atoms with Gasteiger partial charge in [-0.05, 0) is 35.4 Å². The largest absolute Gasteiger partial charge is 0.347 e. The maximum Gasteiger partial charge on any atom is 0.325 e. The SMILES string of the molecule is CCCCCSc1n[n+]2c(c(=O)[nH]1)-c1ccccc1N(C(C)=O)C2c1cccn1C. The second kappa shape index (κ2) is 8.47. The molecule has 3 heterocycles. The van der Waals surface area contributed by atoms with E-state index >= 15 is 0 Å². The number of amides is 1. The molecule has 4 rings (SSSR count). The summed E-state index contributed by atoms with van der Waals surface area (Å²) in [6.07, 6.45) is 4.75. The first-order valence-corrected chi connectivity index (χ1v) is 11.2. The van der Waals surface area contributed by atoms with Crippen molar-refractivity contribution in [2.75, 3.05) is 10.7 Å². The van der Waals surface area contributed by atoms with Crippen LogP contribution in [0.25, 0.3) is 11.3 Å². The van der Waals surface area contributed by atoms with Crippen molar-refractivity contribution in [3.63, 3.8) is 0 Å². The van der Waals surface area contributed by atoms with Crippen molar-refractivity contribution in [2.24, 2.45) is 7.05 Å². The quantitative estimate of drug-likeness (QED) is 0.374. The Kier molecular flexibility index (Phi) is 5.76. The molecule has 0 saturated heterocycles. The molecule has 3 aromatic rings. The van der Waals surface area contributed by atoms with Crippen molar-refractivity contribution in [1.82, 2.24) is 14.6 Å². The van der Waals surface area contributed by atoms with Crippen LogP contribution < -0.4 is 15.1 Å². The topological polar surface area (TPSA) is 74.9 Å². The zero-order valence-electron chi connectivity index (χ0n) is 17.5. The van der Waals surface area contributed by atoms with Gasteiger partial charge in [-0.25, -0.2) is 4.90 Å². The number of unbranched alkanes of at least 4 members (excludes halogenated alkanes) is 2. The van der Waals surface area contributed by atoms with Gasteiger partial charge in [0.2, 0.25) is 11.1 Å². The number of anilines is 1. The minimum Gasteiger partial charge on any atom is -0.347 e. The van der Waals surface area contributed by atoms with Crippen molar-refractivity contribution in [2.45, 2.75) is 44.4 Å². The lowest BCUT2D eigenvalue weighted by Crippen LogP contribution is -2.61. The van der Waals surface area contributed by atoms with Crippen LogP contribution in [0.3, 0.4) is 0 Å². The van der Waals surface area contributed by atoms with Gasteiger partial charge in [0.15, 0.2) is 0 Å². The van der Waals surface area contributed by atoms with Gasteiger partial charge in [-0.2, -0.15) is 0 Å². The smallest absolute Gasteiger partial charge is 0.325 e. The van der Waals surface area contributed by atoms with E-state index in [1.807, 2.05) is 54.2 Å². The first-order valence-electron chi connectivity index (χ1n) is 10.2. The Hall–Kier alpha value is -2.87. The number of carbonyl (C=O) groups excluding carboxylic acids is 1. The molecular weight excluding hydrogens is 398 g/mol. The molecule has 0 spiro atoms. The van der Waals surface area contributed by atoms with Gasteiger partial charge in [-0.3, -0.25) is 14.6 Å². The fourth-order valence-corrected chi connectivity index (χ4v) is 4.76. The molecule has 0 aliphatic carbocycles. The van der Waals surface area contributed by atoms with Gasteiger partial charge in [0.1, 0.15) is 5.69 Å². The van der Waals surface area contributed by atoms with E-state index in [1.54, 1.807) is 28.3 Å². The molecule has 156 valence electrons. The summed E-state index contributed by atoms with van der Waals surface area (Å²) in [5.74, 6) is 0.781. The average molecular weight is 425 g/mol. The number of thioether (sulfide) groups is 1. The highest BCUT2D eigenvalue weighted by Crippen LogP contribution is 2.37. The lowest BCUT2D eigenvalue weighted by atomic mass is 10.0. The Labute approximate surface area is 179 Å². The number of hydrogen-bond acceptors (Lipinski definition) is 4. The number of aryl methyl sites for hydroxylation is 1. The third kappa shape index (κ3) is 3.56. The lowest BCUT2D eigenvalue weighted by Gasteiger charge is -2.31. The van der Waals surface area contributed by atoms with Crippen LogP contribution in [0.15, 0.2) is 52.5 Å². The maximum atomic E-state index is 13.2. The monoisotopic (exact) mass is 424 g/mol. The summed E-state index contributed by atoms with van der Waals surface area (Å²) >= 11 is 1.54. The number of nitrogens with zero attached hydrogens (tertiary/aromatic N) is 4. The number of para-hydroxylation sites is 1. The number of H-pyrrole nitrogens is 1. The standard InChI is InChI=1S/C22H25N5O2S/c1-4-5-8-14-30-22-23-20(29)19-16-10-6-7-11-17(16)26(15(2)28)21(27(19)24-22)18-12-9-13-25(18)3/h6-7,9-13,21H,4-5,8,14H2,1-3H3/p+1. The Balaban J connectivity index is 1.91. The van der Waals surface area contributed by atoms with Gasteiger partial charge in [0, 0.05) is 31.0 Å². The zero-order valence-corrected chi connectivity index (χ0v) is 18.3. The number of carbonyl (C=O) groups is 1. The highest BCUT2D eigenvalue weighted by molar-refractivity contribution is 7.99. The van der Waals surface area contributed by atoms with Crippen molar-refractivity contribution in [3.05, 3.63) is 58.6 Å². The zero-order chi connectivity index (χ0) is 21.3. The molecule has 1 atom stereocenters. The van der Waals surface area contributed by atoms with E-state index in [0.29, 0.717) is 22.1 Å². The summed E-state index contributed by atoms with van der Waals surface area (Å²) in [5, 5.41) is 5.37. The van der Waals surface area contributed by atoms with E-state index in [4.69, 9.17) is 5.10 Å². The minimum absolute atomic E-state index is 0.106. The van der Waals surface area contributed by atoms with Crippen LogP contribution in [0.2, 0.25) is 0 Å². The van der Waals surface area contributed by atoms with Gasteiger partial charge in [-0.15, -0.1) is 0 Å². The van der Waals surface area contributed by atoms with Crippen LogP contribution in [0.1, 0.15) is 45.0 Å². The number of aromatic nitrogens is 4. The second-order valence-corrected chi connectivity index (χ2v) is 8.52. The molecule has 1 aromatic carbocycles. The third-order valence-corrected chi connectivity index (χ3v) is 6.28. The summed E-state index contributed by atoms with van der Waals surface area (Å²) in [5.41, 5.74) is 2.57. The molecule has 1 unspecified atom stereocenters. The number of hydrogen-bond donors (Lipinski definition) is 1. The predicted octanol–water partition coefficient (Wildman–Crippen LogP) is 3.26. The van der Waals surface area contributed by atoms with Gasteiger partial charge in [0.25, 0.3) is 0 Å². The summed E-state index contributed by atoms with van der Waals surface area (Å²) in [6, 6.07) is 11.4. The van der Waals surface area contributed by atoms with Crippen LogP contribution >= 0.6 is 11.8 Å². The van der Waals surface area contributed by atoms with E-state index in [0.717, 1.165) is 30.7 Å².